The van der Waals surface area contributed by atoms with Crippen LogP contribution in [0.25, 0.3) is 0 Å². The normalized spacial score (nSPS) is 15.2. The van der Waals surface area contributed by atoms with Crippen molar-refractivity contribution in [3.63, 3.8) is 0 Å². The van der Waals surface area contributed by atoms with Crippen LogP contribution in [0.2, 0.25) is 0 Å². The van der Waals surface area contributed by atoms with E-state index in [-0.39, 0.29) is 29.5 Å². The van der Waals surface area contributed by atoms with Gasteiger partial charge >= 0.3 is 0 Å². The molecule has 9 heteroatoms. The number of hydrogen-bond acceptors (Lipinski definition) is 6. The fourth-order valence-electron chi connectivity index (χ4n) is 3.32. The third-order valence-electron chi connectivity index (χ3n) is 5.05. The number of nitrogens with one attached hydrogen (secondary N) is 2. The predicted molar refractivity (Wildman–Crippen MR) is 114 cm³/mol. The first-order chi connectivity index (χ1) is 14.3. The molecule has 1 aromatic rings. The molecule has 2 rings (SSSR count). The second kappa shape index (κ2) is 12.2. The number of carbonyl (C=O) groups excluding carboxylic acids is 2. The maximum absolute atomic E-state index is 12.3. The summed E-state index contributed by atoms with van der Waals surface area (Å²) < 4.78 is 5.46. The van der Waals surface area contributed by atoms with Crippen LogP contribution in [0.3, 0.4) is 0 Å². The summed E-state index contributed by atoms with van der Waals surface area (Å²) >= 11 is 0. The molecule has 0 aliphatic carbocycles. The third kappa shape index (κ3) is 8.46. The van der Waals surface area contributed by atoms with Crippen LogP contribution in [-0.4, -0.2) is 60.5 Å². The fraction of sp³-hybridized carbons (Fsp3) is 0.619. The number of nitro benzene ring substituents is 1. The molecule has 1 aliphatic rings. The maximum atomic E-state index is 12.3. The van der Waals surface area contributed by atoms with Crippen molar-refractivity contribution in [1.29, 1.82) is 0 Å². The van der Waals surface area contributed by atoms with Crippen LogP contribution in [0.4, 0.5) is 11.4 Å². The number of likely N-dealkylation sites (tertiary alicyclic amines) is 1. The molecule has 166 valence electrons. The van der Waals surface area contributed by atoms with Crippen LogP contribution in [0, 0.1) is 16.0 Å². The first-order valence-corrected chi connectivity index (χ1v) is 10.5. The molecule has 1 saturated heterocycles. The summed E-state index contributed by atoms with van der Waals surface area (Å²) in [5, 5.41) is 16.4. The standard InChI is InChI=1S/C21H32N4O5/c1-16(2)30-15-3-11-22-21(27)17-8-12-24(13-9-17)14-10-20(26)23-18-4-6-19(7-5-18)25(28)29/h4-7,16-17H,3,8-15H2,1-2H3,(H,22,27)(H,23,26). The van der Waals surface area contributed by atoms with Gasteiger partial charge in [-0.1, -0.05) is 0 Å². The van der Waals surface area contributed by atoms with Gasteiger partial charge in [-0.05, 0) is 58.3 Å². The minimum atomic E-state index is -0.475. The zero-order valence-electron chi connectivity index (χ0n) is 17.8. The van der Waals surface area contributed by atoms with E-state index in [4.69, 9.17) is 4.74 Å². The molecule has 0 radical (unpaired) electrons. The van der Waals surface area contributed by atoms with Crippen LogP contribution in [0.5, 0.6) is 0 Å². The molecule has 0 spiro atoms. The zero-order valence-corrected chi connectivity index (χ0v) is 17.8. The number of non-ortho nitro benzene ring substituents is 1. The summed E-state index contributed by atoms with van der Waals surface area (Å²) in [5.74, 6) is 0.00338. The number of hydrogen-bond donors (Lipinski definition) is 2. The molecule has 2 amide bonds. The number of nitrogens with zero attached hydrogens (tertiary/aromatic N) is 2. The topological polar surface area (TPSA) is 114 Å². The summed E-state index contributed by atoms with van der Waals surface area (Å²) in [5.41, 5.74) is 0.531. The van der Waals surface area contributed by atoms with Crippen molar-refractivity contribution in [2.75, 3.05) is 38.1 Å². The molecule has 1 aromatic carbocycles. The van der Waals surface area contributed by atoms with E-state index in [9.17, 15) is 19.7 Å². The Morgan fingerprint density at radius 3 is 2.50 bits per heavy atom. The van der Waals surface area contributed by atoms with Crippen molar-refractivity contribution >= 4 is 23.2 Å². The van der Waals surface area contributed by atoms with E-state index >= 15 is 0 Å². The van der Waals surface area contributed by atoms with E-state index in [1.165, 1.54) is 24.3 Å². The Bertz CT molecular complexity index is 700. The van der Waals surface area contributed by atoms with Gasteiger partial charge in [0.15, 0.2) is 0 Å². The Labute approximate surface area is 177 Å². The van der Waals surface area contributed by atoms with E-state index in [1.807, 2.05) is 13.8 Å². The summed E-state index contributed by atoms with van der Waals surface area (Å²) in [4.78, 5) is 36.7. The van der Waals surface area contributed by atoms with Gasteiger partial charge in [0.1, 0.15) is 0 Å². The Balaban J connectivity index is 1.60. The Morgan fingerprint density at radius 1 is 1.23 bits per heavy atom. The first-order valence-electron chi connectivity index (χ1n) is 10.5. The van der Waals surface area contributed by atoms with Gasteiger partial charge in [-0.2, -0.15) is 0 Å². The summed E-state index contributed by atoms with van der Waals surface area (Å²) in [6.07, 6.45) is 2.94. The maximum Gasteiger partial charge on any atom is 0.269 e. The fourth-order valence-corrected chi connectivity index (χ4v) is 3.32. The highest BCUT2D eigenvalue weighted by Crippen LogP contribution is 2.18. The Morgan fingerprint density at radius 2 is 1.90 bits per heavy atom. The molecule has 0 unspecified atom stereocenters. The van der Waals surface area contributed by atoms with Crippen molar-refractivity contribution in [2.24, 2.45) is 5.92 Å². The van der Waals surface area contributed by atoms with Gasteiger partial charge < -0.3 is 20.3 Å². The van der Waals surface area contributed by atoms with Gasteiger partial charge in [-0.25, -0.2) is 0 Å². The number of ether oxygens (including phenoxy) is 1. The molecule has 9 nitrogen and oxygen atoms in total. The molecule has 1 heterocycles. The number of piperidine rings is 1. The van der Waals surface area contributed by atoms with Gasteiger partial charge in [0.2, 0.25) is 11.8 Å². The lowest BCUT2D eigenvalue weighted by Gasteiger charge is -2.31. The summed E-state index contributed by atoms with van der Waals surface area (Å²) in [6, 6.07) is 5.77. The minimum Gasteiger partial charge on any atom is -0.379 e. The second-order valence-corrected chi connectivity index (χ2v) is 7.78. The molecule has 1 aliphatic heterocycles. The van der Waals surface area contributed by atoms with Gasteiger partial charge in [0.25, 0.3) is 5.69 Å². The van der Waals surface area contributed by atoms with E-state index in [2.05, 4.69) is 15.5 Å². The molecule has 2 N–H and O–H groups in total. The van der Waals surface area contributed by atoms with E-state index in [0.29, 0.717) is 31.8 Å². The van der Waals surface area contributed by atoms with Gasteiger partial charge in [-0.3, -0.25) is 19.7 Å². The minimum absolute atomic E-state index is 0.0104. The van der Waals surface area contributed by atoms with Crippen molar-refractivity contribution in [3.8, 4) is 0 Å². The number of carbonyl (C=O) groups is 2. The third-order valence-corrected chi connectivity index (χ3v) is 5.05. The van der Waals surface area contributed by atoms with Crippen LogP contribution >= 0.6 is 0 Å². The Hall–Kier alpha value is -2.52. The first kappa shape index (κ1) is 23.8. The van der Waals surface area contributed by atoms with E-state index < -0.39 is 4.92 Å². The lowest BCUT2D eigenvalue weighted by molar-refractivity contribution is -0.384. The largest absolute Gasteiger partial charge is 0.379 e. The molecular formula is C21H32N4O5. The molecule has 30 heavy (non-hydrogen) atoms. The smallest absolute Gasteiger partial charge is 0.269 e. The molecular weight excluding hydrogens is 388 g/mol. The van der Waals surface area contributed by atoms with Crippen LogP contribution < -0.4 is 10.6 Å². The van der Waals surface area contributed by atoms with E-state index in [1.54, 1.807) is 0 Å². The van der Waals surface area contributed by atoms with E-state index in [0.717, 1.165) is 32.4 Å². The highest BCUT2D eigenvalue weighted by atomic mass is 16.6. The predicted octanol–water partition coefficient (Wildman–Crippen LogP) is 2.57. The molecule has 0 aromatic heterocycles. The monoisotopic (exact) mass is 420 g/mol. The van der Waals surface area contributed by atoms with Crippen molar-refractivity contribution in [3.05, 3.63) is 34.4 Å². The van der Waals surface area contributed by atoms with Crippen LogP contribution in [0.15, 0.2) is 24.3 Å². The van der Waals surface area contributed by atoms with Gasteiger partial charge in [0, 0.05) is 49.9 Å². The Kier molecular flexibility index (Phi) is 9.69. The number of rotatable bonds is 11. The van der Waals surface area contributed by atoms with Gasteiger partial charge in [0.05, 0.1) is 11.0 Å². The van der Waals surface area contributed by atoms with Crippen molar-refractivity contribution < 1.29 is 19.2 Å². The average Bonchev–Trinajstić information content (AvgIpc) is 2.72. The number of anilines is 1. The van der Waals surface area contributed by atoms with Crippen LogP contribution in [0.1, 0.15) is 39.5 Å². The molecule has 0 atom stereocenters. The summed E-state index contributed by atoms with van der Waals surface area (Å²) in [6.45, 7) is 7.47. The lowest BCUT2D eigenvalue weighted by Crippen LogP contribution is -2.41. The summed E-state index contributed by atoms with van der Waals surface area (Å²) in [7, 11) is 0. The average molecular weight is 421 g/mol. The highest BCUT2D eigenvalue weighted by molar-refractivity contribution is 5.90. The van der Waals surface area contributed by atoms with Gasteiger partial charge in [-0.15, -0.1) is 0 Å². The van der Waals surface area contributed by atoms with Crippen LogP contribution in [-0.2, 0) is 14.3 Å². The quantitative estimate of drug-likeness (QED) is 0.323. The number of amides is 2. The molecule has 1 fully saturated rings. The number of nitro groups is 1. The second-order valence-electron chi connectivity index (χ2n) is 7.78. The number of benzene rings is 1. The SMILES string of the molecule is CC(C)OCCCNC(=O)C1CCN(CCC(=O)Nc2ccc([N+](=O)[O-])cc2)CC1. The van der Waals surface area contributed by atoms with Crippen molar-refractivity contribution in [2.45, 2.75) is 45.6 Å². The lowest BCUT2D eigenvalue weighted by atomic mass is 9.96. The highest BCUT2D eigenvalue weighted by Gasteiger charge is 2.24. The molecule has 0 bridgehead atoms. The molecule has 0 saturated carbocycles. The zero-order chi connectivity index (χ0) is 21.9. The van der Waals surface area contributed by atoms with Crippen molar-refractivity contribution in [1.82, 2.24) is 10.2 Å².